The Kier molecular flexibility index (Phi) is 4.40. The molecule has 1 aromatic rings. The van der Waals surface area contributed by atoms with Crippen molar-refractivity contribution < 1.29 is 14.4 Å². The average molecular weight is 317 g/mol. The number of nitrogens with one attached hydrogen (secondary N) is 2. The molecule has 23 heavy (non-hydrogen) atoms. The summed E-state index contributed by atoms with van der Waals surface area (Å²) in [6.07, 6.45) is 2.34. The fourth-order valence-electron chi connectivity index (χ4n) is 2.81. The van der Waals surface area contributed by atoms with Crippen LogP contribution in [-0.2, 0) is 9.59 Å². The van der Waals surface area contributed by atoms with Gasteiger partial charge in [0.25, 0.3) is 5.91 Å². The number of anilines is 1. The van der Waals surface area contributed by atoms with Gasteiger partial charge in [-0.15, -0.1) is 0 Å². The van der Waals surface area contributed by atoms with Crippen molar-refractivity contribution in [1.29, 1.82) is 0 Å². The highest BCUT2D eigenvalue weighted by atomic mass is 16.2. The first-order chi connectivity index (χ1) is 11.1. The van der Waals surface area contributed by atoms with E-state index in [1.807, 2.05) is 18.2 Å². The topological polar surface area (TPSA) is 94.6 Å². The molecule has 0 spiro atoms. The Morgan fingerprint density at radius 1 is 1.22 bits per heavy atom. The summed E-state index contributed by atoms with van der Waals surface area (Å²) in [5, 5.41) is 4.67. The lowest BCUT2D eigenvalue weighted by atomic mass is 10.1. The first kappa shape index (κ1) is 15.3. The number of piperazine rings is 1. The van der Waals surface area contributed by atoms with Crippen molar-refractivity contribution in [3.8, 4) is 0 Å². The number of urea groups is 1. The Balaban J connectivity index is 1.45. The number of pyridine rings is 1. The number of carbonyl (C=O) groups excluding carboxylic acids is 3. The molecular weight excluding hydrogens is 298 g/mol. The molecule has 0 aliphatic carbocycles. The molecule has 0 radical (unpaired) electrons. The largest absolute Gasteiger partial charge is 0.353 e. The summed E-state index contributed by atoms with van der Waals surface area (Å²) in [5.74, 6) is 0.576. The van der Waals surface area contributed by atoms with E-state index in [9.17, 15) is 14.4 Å². The van der Waals surface area contributed by atoms with E-state index in [0.717, 1.165) is 18.9 Å². The summed E-state index contributed by atoms with van der Waals surface area (Å²) in [4.78, 5) is 43.0. The van der Waals surface area contributed by atoms with E-state index in [1.165, 1.54) is 0 Å². The molecule has 3 heterocycles. The number of imide groups is 1. The normalized spacial score (nSPS) is 21.1. The summed E-state index contributed by atoms with van der Waals surface area (Å²) in [6, 6.07) is 4.69. The van der Waals surface area contributed by atoms with Crippen molar-refractivity contribution in [3.63, 3.8) is 0 Å². The predicted octanol–water partition coefficient (Wildman–Crippen LogP) is -0.282. The van der Waals surface area contributed by atoms with Crippen molar-refractivity contribution in [2.45, 2.75) is 18.9 Å². The minimum Gasteiger partial charge on any atom is -0.353 e. The Morgan fingerprint density at radius 3 is 2.61 bits per heavy atom. The standard InChI is InChI=1S/C15H19N5O3/c21-13(5-4-11-14(22)18-15(23)17-11)20-9-7-19(8-10-20)12-3-1-2-6-16-12/h1-3,6,11H,4-5,7-10H2,(H2,17,18,22,23). The van der Waals surface area contributed by atoms with Gasteiger partial charge in [0.15, 0.2) is 0 Å². The third-order valence-corrected chi connectivity index (χ3v) is 4.11. The molecule has 0 saturated carbocycles. The minimum absolute atomic E-state index is 0.0135. The van der Waals surface area contributed by atoms with E-state index in [-0.39, 0.29) is 18.2 Å². The molecule has 1 unspecified atom stereocenters. The van der Waals surface area contributed by atoms with Crippen LogP contribution >= 0.6 is 0 Å². The molecule has 2 fully saturated rings. The third kappa shape index (κ3) is 3.58. The van der Waals surface area contributed by atoms with Gasteiger partial charge in [-0.25, -0.2) is 9.78 Å². The van der Waals surface area contributed by atoms with Crippen LogP contribution in [0.1, 0.15) is 12.8 Å². The van der Waals surface area contributed by atoms with Gasteiger partial charge in [-0.1, -0.05) is 6.07 Å². The SMILES string of the molecule is O=C1NC(=O)C(CCC(=O)N2CCN(c3ccccn3)CC2)N1. The smallest absolute Gasteiger partial charge is 0.322 e. The van der Waals surface area contributed by atoms with Gasteiger partial charge in [0.1, 0.15) is 11.9 Å². The van der Waals surface area contributed by atoms with Crippen molar-refractivity contribution in [3.05, 3.63) is 24.4 Å². The molecule has 0 bridgehead atoms. The molecule has 8 heteroatoms. The Bertz CT molecular complexity index is 598. The second-order valence-corrected chi connectivity index (χ2v) is 5.61. The summed E-state index contributed by atoms with van der Waals surface area (Å²) in [6.45, 7) is 2.75. The molecule has 1 atom stereocenters. The van der Waals surface area contributed by atoms with E-state index in [2.05, 4.69) is 20.5 Å². The lowest BCUT2D eigenvalue weighted by molar-refractivity contribution is -0.131. The second-order valence-electron chi connectivity index (χ2n) is 5.61. The van der Waals surface area contributed by atoms with Gasteiger partial charge in [-0.05, 0) is 18.6 Å². The van der Waals surface area contributed by atoms with E-state index < -0.39 is 12.1 Å². The third-order valence-electron chi connectivity index (χ3n) is 4.11. The monoisotopic (exact) mass is 317 g/mol. The molecule has 3 rings (SSSR count). The molecule has 2 saturated heterocycles. The summed E-state index contributed by atoms with van der Waals surface area (Å²) in [5.41, 5.74) is 0. The minimum atomic E-state index is -0.596. The number of carbonyl (C=O) groups is 3. The fourth-order valence-corrected chi connectivity index (χ4v) is 2.81. The second kappa shape index (κ2) is 6.64. The average Bonchev–Trinajstić information content (AvgIpc) is 2.91. The lowest BCUT2D eigenvalue weighted by Crippen LogP contribution is -2.49. The van der Waals surface area contributed by atoms with Gasteiger partial charge in [0.05, 0.1) is 0 Å². The van der Waals surface area contributed by atoms with Gasteiger partial charge in [0.2, 0.25) is 5.91 Å². The molecule has 2 N–H and O–H groups in total. The lowest BCUT2D eigenvalue weighted by Gasteiger charge is -2.35. The molecule has 1 aromatic heterocycles. The van der Waals surface area contributed by atoms with E-state index in [1.54, 1.807) is 11.1 Å². The maximum Gasteiger partial charge on any atom is 0.322 e. The first-order valence-corrected chi connectivity index (χ1v) is 7.68. The van der Waals surface area contributed by atoms with Crippen LogP contribution in [0.4, 0.5) is 10.6 Å². The van der Waals surface area contributed by atoms with Gasteiger partial charge < -0.3 is 15.1 Å². The predicted molar refractivity (Wildman–Crippen MR) is 82.7 cm³/mol. The van der Waals surface area contributed by atoms with E-state index >= 15 is 0 Å². The fraction of sp³-hybridized carbons (Fsp3) is 0.467. The number of rotatable bonds is 4. The molecule has 8 nitrogen and oxygen atoms in total. The number of aromatic nitrogens is 1. The van der Waals surface area contributed by atoms with E-state index in [4.69, 9.17) is 0 Å². The zero-order valence-corrected chi connectivity index (χ0v) is 12.7. The first-order valence-electron chi connectivity index (χ1n) is 7.68. The number of nitrogens with zero attached hydrogens (tertiary/aromatic N) is 3. The Morgan fingerprint density at radius 2 is 2.00 bits per heavy atom. The number of hydrogen-bond acceptors (Lipinski definition) is 5. The highest BCUT2D eigenvalue weighted by Gasteiger charge is 2.30. The zero-order chi connectivity index (χ0) is 16.2. The van der Waals surface area contributed by atoms with Crippen molar-refractivity contribution in [2.24, 2.45) is 0 Å². The van der Waals surface area contributed by atoms with Crippen LogP contribution in [0.15, 0.2) is 24.4 Å². The Hall–Kier alpha value is -2.64. The number of amides is 4. The van der Waals surface area contributed by atoms with Crippen LogP contribution in [0, 0.1) is 0 Å². The zero-order valence-electron chi connectivity index (χ0n) is 12.7. The van der Waals surface area contributed by atoms with Gasteiger partial charge in [0, 0.05) is 38.8 Å². The molecule has 122 valence electrons. The summed E-state index contributed by atoms with van der Waals surface area (Å²) < 4.78 is 0. The highest BCUT2D eigenvalue weighted by molar-refractivity contribution is 6.04. The van der Waals surface area contributed by atoms with Crippen LogP contribution in [-0.4, -0.2) is 60.0 Å². The van der Waals surface area contributed by atoms with Crippen molar-refractivity contribution >= 4 is 23.7 Å². The molecule has 0 aromatic carbocycles. The van der Waals surface area contributed by atoms with Crippen LogP contribution in [0.25, 0.3) is 0 Å². The highest BCUT2D eigenvalue weighted by Crippen LogP contribution is 2.14. The van der Waals surface area contributed by atoms with Crippen LogP contribution in [0.3, 0.4) is 0 Å². The van der Waals surface area contributed by atoms with Crippen LogP contribution in [0.5, 0.6) is 0 Å². The molecular formula is C15H19N5O3. The van der Waals surface area contributed by atoms with Crippen LogP contribution in [0.2, 0.25) is 0 Å². The molecule has 2 aliphatic rings. The summed E-state index contributed by atoms with van der Waals surface area (Å²) >= 11 is 0. The van der Waals surface area contributed by atoms with Gasteiger partial charge in [-0.3, -0.25) is 14.9 Å². The molecule has 4 amide bonds. The molecule has 2 aliphatic heterocycles. The van der Waals surface area contributed by atoms with Gasteiger partial charge in [-0.2, -0.15) is 0 Å². The number of hydrogen-bond donors (Lipinski definition) is 2. The van der Waals surface area contributed by atoms with Crippen LogP contribution < -0.4 is 15.5 Å². The van der Waals surface area contributed by atoms with E-state index in [0.29, 0.717) is 19.5 Å². The summed E-state index contributed by atoms with van der Waals surface area (Å²) in [7, 11) is 0. The quantitative estimate of drug-likeness (QED) is 0.745. The maximum atomic E-state index is 12.2. The van der Waals surface area contributed by atoms with Crippen molar-refractivity contribution in [1.82, 2.24) is 20.5 Å². The maximum absolute atomic E-state index is 12.2. The van der Waals surface area contributed by atoms with Crippen molar-refractivity contribution in [2.75, 3.05) is 31.1 Å². The Labute approximate surface area is 133 Å². The van der Waals surface area contributed by atoms with Gasteiger partial charge >= 0.3 is 6.03 Å².